The lowest BCUT2D eigenvalue weighted by atomic mass is 10.1. The van der Waals surface area contributed by atoms with Crippen molar-refractivity contribution in [3.63, 3.8) is 0 Å². The van der Waals surface area contributed by atoms with Gasteiger partial charge in [0, 0.05) is 37.5 Å². The van der Waals surface area contributed by atoms with Crippen molar-refractivity contribution < 1.29 is 13.2 Å². The maximum atomic E-state index is 12.6. The van der Waals surface area contributed by atoms with Crippen molar-refractivity contribution in [3.05, 3.63) is 35.4 Å². The van der Waals surface area contributed by atoms with E-state index in [2.05, 4.69) is 4.90 Å². The monoisotopic (exact) mass is 310 g/mol. The minimum atomic E-state index is -3.09. The van der Waals surface area contributed by atoms with Crippen LogP contribution in [0.2, 0.25) is 0 Å². The number of piperazine rings is 1. The van der Waals surface area contributed by atoms with Crippen LogP contribution in [0.1, 0.15) is 22.8 Å². The van der Waals surface area contributed by atoms with Crippen LogP contribution in [-0.4, -0.2) is 63.1 Å². The molecule has 0 radical (unpaired) electrons. The zero-order chi connectivity index (χ0) is 15.6. The Morgan fingerprint density at radius 3 is 2.67 bits per heavy atom. The summed E-state index contributed by atoms with van der Waals surface area (Å²) >= 11 is 0. The summed E-state index contributed by atoms with van der Waals surface area (Å²) in [5.41, 5.74) is 1.22. The van der Waals surface area contributed by atoms with Gasteiger partial charge in [-0.2, -0.15) is 0 Å². The second-order valence-electron chi connectivity index (χ2n) is 5.88. The summed E-state index contributed by atoms with van der Waals surface area (Å²) in [6.45, 7) is 4.45. The van der Waals surface area contributed by atoms with Crippen LogP contribution in [0, 0.1) is 0 Å². The minimum absolute atomic E-state index is 0.0223. The number of likely N-dealkylation sites (N-methyl/N-ethyl adjacent to an activating group) is 1. The second kappa shape index (κ2) is 6.15. The van der Waals surface area contributed by atoms with Gasteiger partial charge >= 0.3 is 0 Å². The van der Waals surface area contributed by atoms with Gasteiger partial charge < -0.3 is 9.80 Å². The van der Waals surface area contributed by atoms with E-state index >= 15 is 0 Å². The summed E-state index contributed by atoms with van der Waals surface area (Å²) < 4.78 is 22.7. The lowest BCUT2D eigenvalue weighted by Gasteiger charge is -2.38. The molecule has 21 heavy (non-hydrogen) atoms. The molecule has 1 aromatic carbocycles. The number of hydrogen-bond acceptors (Lipinski definition) is 4. The van der Waals surface area contributed by atoms with Crippen molar-refractivity contribution in [2.45, 2.75) is 18.7 Å². The Morgan fingerprint density at radius 1 is 1.33 bits per heavy atom. The van der Waals surface area contributed by atoms with Crippen LogP contribution in [0.25, 0.3) is 0 Å². The number of carbonyl (C=O) groups is 1. The normalized spacial score (nSPS) is 20.5. The molecule has 1 aliphatic rings. The Morgan fingerprint density at radius 2 is 2.05 bits per heavy atom. The van der Waals surface area contributed by atoms with Crippen LogP contribution in [0.4, 0.5) is 0 Å². The Kier molecular flexibility index (Phi) is 4.68. The largest absolute Gasteiger partial charge is 0.333 e. The second-order valence-corrected chi connectivity index (χ2v) is 8.02. The first-order valence-corrected chi connectivity index (χ1v) is 9.08. The summed E-state index contributed by atoms with van der Waals surface area (Å²) in [5, 5.41) is 0. The molecule has 1 fully saturated rings. The van der Waals surface area contributed by atoms with E-state index in [0.717, 1.165) is 13.1 Å². The molecule has 1 aromatic rings. The molecule has 5 nitrogen and oxygen atoms in total. The third-order valence-corrected chi connectivity index (χ3v) is 4.55. The highest BCUT2D eigenvalue weighted by molar-refractivity contribution is 7.89. The molecule has 0 aromatic heterocycles. The highest BCUT2D eigenvalue weighted by atomic mass is 32.2. The maximum absolute atomic E-state index is 12.6. The summed E-state index contributed by atoms with van der Waals surface area (Å²) in [7, 11) is -1.05. The Bertz CT molecular complexity index is 628. The van der Waals surface area contributed by atoms with E-state index in [1.165, 1.54) is 6.26 Å². The number of nitrogens with zero attached hydrogens (tertiary/aromatic N) is 2. The maximum Gasteiger partial charge on any atom is 0.254 e. The molecule has 0 spiro atoms. The molecule has 0 saturated carbocycles. The third kappa shape index (κ3) is 4.28. The Balaban J connectivity index is 2.18. The first kappa shape index (κ1) is 16.0. The molecule has 1 unspecified atom stereocenters. The first-order chi connectivity index (χ1) is 9.76. The summed E-state index contributed by atoms with van der Waals surface area (Å²) in [4.78, 5) is 16.7. The quantitative estimate of drug-likeness (QED) is 0.836. The van der Waals surface area contributed by atoms with E-state index in [4.69, 9.17) is 0 Å². The number of carbonyl (C=O) groups excluding carboxylic acids is 1. The van der Waals surface area contributed by atoms with Crippen LogP contribution in [0.15, 0.2) is 24.3 Å². The minimum Gasteiger partial charge on any atom is -0.333 e. The fourth-order valence-corrected chi connectivity index (χ4v) is 3.49. The molecule has 1 aliphatic heterocycles. The molecule has 1 saturated heterocycles. The highest BCUT2D eigenvalue weighted by Gasteiger charge is 2.26. The predicted octanol–water partition coefficient (Wildman–Crippen LogP) is 1.01. The summed E-state index contributed by atoms with van der Waals surface area (Å²) in [6, 6.07) is 7.09. The molecule has 0 N–H and O–H groups in total. The van der Waals surface area contributed by atoms with Crippen molar-refractivity contribution in [2.24, 2.45) is 0 Å². The van der Waals surface area contributed by atoms with Gasteiger partial charge in [-0.25, -0.2) is 8.42 Å². The number of rotatable bonds is 3. The zero-order valence-corrected chi connectivity index (χ0v) is 13.6. The van der Waals surface area contributed by atoms with Gasteiger partial charge in [0.15, 0.2) is 9.84 Å². The van der Waals surface area contributed by atoms with Crippen LogP contribution in [-0.2, 0) is 15.6 Å². The SMILES string of the molecule is CC1CN(C)CCN1C(=O)c1cccc(CS(C)(=O)=O)c1. The third-order valence-electron chi connectivity index (χ3n) is 3.69. The molecule has 116 valence electrons. The number of sulfone groups is 1. The van der Waals surface area contributed by atoms with Crippen LogP contribution < -0.4 is 0 Å². The van der Waals surface area contributed by atoms with Gasteiger partial charge in [0.25, 0.3) is 5.91 Å². The fraction of sp³-hybridized carbons (Fsp3) is 0.533. The van der Waals surface area contributed by atoms with Crippen molar-refractivity contribution in [1.82, 2.24) is 9.80 Å². The molecule has 2 rings (SSSR count). The van der Waals surface area contributed by atoms with Gasteiger partial charge in [-0.15, -0.1) is 0 Å². The molecule has 6 heteroatoms. The number of benzene rings is 1. The van der Waals surface area contributed by atoms with Crippen molar-refractivity contribution >= 4 is 15.7 Å². The molecule has 1 heterocycles. The standard InChI is InChI=1S/C15H22N2O3S/c1-12-10-16(2)7-8-17(12)15(18)14-6-4-5-13(9-14)11-21(3,19)20/h4-6,9,12H,7-8,10-11H2,1-3H3. The lowest BCUT2D eigenvalue weighted by molar-refractivity contribution is 0.0533. The molecular weight excluding hydrogens is 288 g/mol. The molecule has 0 bridgehead atoms. The average Bonchev–Trinajstić information content (AvgIpc) is 2.36. The van der Waals surface area contributed by atoms with E-state index in [9.17, 15) is 13.2 Å². The molecule has 1 amide bonds. The topological polar surface area (TPSA) is 57.7 Å². The van der Waals surface area contributed by atoms with Gasteiger partial charge in [0.05, 0.1) is 5.75 Å². The van der Waals surface area contributed by atoms with Crippen molar-refractivity contribution in [1.29, 1.82) is 0 Å². The molecular formula is C15H22N2O3S. The Labute approximate surface area is 126 Å². The van der Waals surface area contributed by atoms with Gasteiger partial charge in [0.1, 0.15) is 0 Å². The number of hydrogen-bond donors (Lipinski definition) is 0. The van der Waals surface area contributed by atoms with Crippen LogP contribution >= 0.6 is 0 Å². The summed E-state index contributed by atoms with van der Waals surface area (Å²) in [6.07, 6.45) is 1.20. The fourth-order valence-electron chi connectivity index (χ4n) is 2.70. The van der Waals surface area contributed by atoms with Gasteiger partial charge in [-0.05, 0) is 31.7 Å². The van der Waals surface area contributed by atoms with E-state index < -0.39 is 9.84 Å². The van der Waals surface area contributed by atoms with E-state index in [1.54, 1.807) is 24.3 Å². The van der Waals surface area contributed by atoms with Crippen LogP contribution in [0.5, 0.6) is 0 Å². The van der Waals surface area contributed by atoms with Crippen LogP contribution in [0.3, 0.4) is 0 Å². The van der Waals surface area contributed by atoms with Gasteiger partial charge in [0.2, 0.25) is 0 Å². The highest BCUT2D eigenvalue weighted by Crippen LogP contribution is 2.15. The smallest absolute Gasteiger partial charge is 0.254 e. The first-order valence-electron chi connectivity index (χ1n) is 7.02. The average molecular weight is 310 g/mol. The predicted molar refractivity (Wildman–Crippen MR) is 83.0 cm³/mol. The lowest BCUT2D eigenvalue weighted by Crippen LogP contribution is -2.52. The zero-order valence-electron chi connectivity index (χ0n) is 12.7. The van der Waals surface area contributed by atoms with Crippen molar-refractivity contribution in [3.8, 4) is 0 Å². The molecule has 0 aliphatic carbocycles. The number of amides is 1. The molecule has 1 atom stereocenters. The van der Waals surface area contributed by atoms with E-state index in [1.807, 2.05) is 18.9 Å². The Hall–Kier alpha value is -1.40. The summed E-state index contributed by atoms with van der Waals surface area (Å²) in [5.74, 6) is -0.0576. The van der Waals surface area contributed by atoms with E-state index in [-0.39, 0.29) is 17.7 Å². The van der Waals surface area contributed by atoms with Gasteiger partial charge in [-0.1, -0.05) is 12.1 Å². The van der Waals surface area contributed by atoms with Crippen molar-refractivity contribution in [2.75, 3.05) is 32.9 Å². The van der Waals surface area contributed by atoms with Gasteiger partial charge in [-0.3, -0.25) is 4.79 Å². The van der Waals surface area contributed by atoms with E-state index in [0.29, 0.717) is 17.7 Å².